The lowest BCUT2D eigenvalue weighted by molar-refractivity contribution is -0.114. The second-order valence-electron chi connectivity index (χ2n) is 5.22. The number of carbonyl (C=O) groups excluding carboxylic acids is 2. The summed E-state index contributed by atoms with van der Waals surface area (Å²) < 4.78 is 28.2. The van der Waals surface area contributed by atoms with Crippen LogP contribution in [0, 0.1) is 23.0 Å². The summed E-state index contributed by atoms with van der Waals surface area (Å²) >= 11 is 0. The number of hydrogen-bond acceptors (Lipinski definition) is 4. The maximum Gasteiger partial charge on any atom is 0.222 e. The Labute approximate surface area is 140 Å². The first-order valence-electron chi connectivity index (χ1n) is 7.10. The fourth-order valence-electron chi connectivity index (χ4n) is 2.49. The number of nitriles is 1. The number of aromatic amines is 1. The molecule has 0 unspecified atom stereocenters. The summed E-state index contributed by atoms with van der Waals surface area (Å²) in [5.41, 5.74) is -0.595. The van der Waals surface area contributed by atoms with Crippen LogP contribution >= 0.6 is 0 Å². The third-order valence-corrected chi connectivity index (χ3v) is 3.54. The van der Waals surface area contributed by atoms with E-state index in [1.807, 2.05) is 0 Å². The number of ketones is 1. The van der Waals surface area contributed by atoms with Gasteiger partial charge in [-0.15, -0.1) is 0 Å². The van der Waals surface area contributed by atoms with E-state index in [9.17, 15) is 18.4 Å². The van der Waals surface area contributed by atoms with Crippen molar-refractivity contribution >= 4 is 28.4 Å². The third kappa shape index (κ3) is 2.83. The zero-order valence-electron chi connectivity index (χ0n) is 12.9. The van der Waals surface area contributed by atoms with E-state index in [1.54, 1.807) is 6.07 Å². The van der Waals surface area contributed by atoms with E-state index >= 15 is 0 Å². The standard InChI is InChI=1S/C17H10F2N4O2/c1-8(24)23-17-15-10(2-3-21-17)11(7-22-15)16(25)14-12(18)4-9(6-20)5-13(14)19/h2-5,7,22H,1H3,(H,21,23,24). The Kier molecular flexibility index (Phi) is 3.99. The number of nitrogens with one attached hydrogen (secondary N) is 2. The average molecular weight is 340 g/mol. The molecule has 2 heterocycles. The van der Waals surface area contributed by atoms with E-state index in [0.29, 0.717) is 10.9 Å². The van der Waals surface area contributed by atoms with Crippen LogP contribution < -0.4 is 5.32 Å². The van der Waals surface area contributed by atoms with Gasteiger partial charge in [-0.1, -0.05) is 0 Å². The van der Waals surface area contributed by atoms with Crippen LogP contribution in [0.1, 0.15) is 28.4 Å². The number of hydrogen-bond donors (Lipinski definition) is 2. The van der Waals surface area contributed by atoms with Crippen molar-refractivity contribution in [2.45, 2.75) is 6.92 Å². The van der Waals surface area contributed by atoms with Gasteiger partial charge in [0.1, 0.15) is 11.6 Å². The van der Waals surface area contributed by atoms with Gasteiger partial charge < -0.3 is 10.3 Å². The van der Waals surface area contributed by atoms with Gasteiger partial charge >= 0.3 is 0 Å². The van der Waals surface area contributed by atoms with Gasteiger partial charge in [0.05, 0.1) is 22.7 Å². The van der Waals surface area contributed by atoms with Gasteiger partial charge in [0.25, 0.3) is 0 Å². The summed E-state index contributed by atoms with van der Waals surface area (Å²) in [5, 5.41) is 11.6. The molecule has 25 heavy (non-hydrogen) atoms. The highest BCUT2D eigenvalue weighted by atomic mass is 19.1. The summed E-state index contributed by atoms with van der Waals surface area (Å²) in [7, 11) is 0. The van der Waals surface area contributed by atoms with Gasteiger partial charge in [-0.25, -0.2) is 13.8 Å². The Hall–Kier alpha value is -3.60. The Morgan fingerprint density at radius 1 is 1.28 bits per heavy atom. The molecule has 0 spiro atoms. The van der Waals surface area contributed by atoms with Crippen molar-refractivity contribution in [2.24, 2.45) is 0 Å². The number of nitrogens with zero attached hydrogens (tertiary/aromatic N) is 2. The Morgan fingerprint density at radius 3 is 2.56 bits per heavy atom. The number of anilines is 1. The SMILES string of the molecule is CC(=O)Nc1nccc2c(C(=O)c3c(F)cc(C#N)cc3F)c[nH]c12. The molecule has 2 N–H and O–H groups in total. The lowest BCUT2D eigenvalue weighted by atomic mass is 10.0. The largest absolute Gasteiger partial charge is 0.357 e. The van der Waals surface area contributed by atoms with Crippen molar-refractivity contribution in [1.82, 2.24) is 9.97 Å². The fraction of sp³-hybridized carbons (Fsp3) is 0.0588. The van der Waals surface area contributed by atoms with Crippen LogP contribution in [0.5, 0.6) is 0 Å². The molecule has 0 atom stereocenters. The highest BCUT2D eigenvalue weighted by Gasteiger charge is 2.23. The lowest BCUT2D eigenvalue weighted by Gasteiger charge is -2.05. The monoisotopic (exact) mass is 340 g/mol. The molecule has 8 heteroatoms. The van der Waals surface area contributed by atoms with E-state index < -0.39 is 23.0 Å². The van der Waals surface area contributed by atoms with Crippen molar-refractivity contribution < 1.29 is 18.4 Å². The van der Waals surface area contributed by atoms with E-state index in [0.717, 1.165) is 12.1 Å². The van der Waals surface area contributed by atoms with Crippen LogP contribution in [0.25, 0.3) is 10.9 Å². The minimum absolute atomic E-state index is 0.0199. The number of amides is 1. The smallest absolute Gasteiger partial charge is 0.222 e. The fourth-order valence-corrected chi connectivity index (χ4v) is 2.49. The molecular weight excluding hydrogens is 330 g/mol. The molecule has 0 aliphatic carbocycles. The summed E-state index contributed by atoms with van der Waals surface area (Å²) in [6, 6.07) is 4.71. The molecule has 2 aromatic heterocycles. The normalized spacial score (nSPS) is 10.5. The molecule has 0 aliphatic heterocycles. The predicted octanol–water partition coefficient (Wildman–Crippen LogP) is 2.90. The van der Waals surface area contributed by atoms with Crippen LogP contribution in [0.3, 0.4) is 0 Å². The van der Waals surface area contributed by atoms with Gasteiger partial charge in [-0.3, -0.25) is 9.59 Å². The molecule has 3 rings (SSSR count). The number of pyridine rings is 1. The lowest BCUT2D eigenvalue weighted by Crippen LogP contribution is -2.09. The second-order valence-corrected chi connectivity index (χ2v) is 5.22. The van der Waals surface area contributed by atoms with Crippen LogP contribution in [0.15, 0.2) is 30.6 Å². The number of halogens is 2. The maximum atomic E-state index is 14.1. The van der Waals surface area contributed by atoms with Crippen LogP contribution in [0.2, 0.25) is 0 Å². The Morgan fingerprint density at radius 2 is 1.96 bits per heavy atom. The summed E-state index contributed by atoms with van der Waals surface area (Å²) in [6.07, 6.45) is 2.65. The van der Waals surface area contributed by atoms with Crippen LogP contribution in [0.4, 0.5) is 14.6 Å². The van der Waals surface area contributed by atoms with Gasteiger partial charge in [-0.05, 0) is 18.2 Å². The minimum Gasteiger partial charge on any atom is -0.357 e. The number of carbonyl (C=O) groups is 2. The van der Waals surface area contributed by atoms with Crippen molar-refractivity contribution in [1.29, 1.82) is 5.26 Å². The molecule has 0 saturated heterocycles. The molecule has 1 amide bonds. The van der Waals surface area contributed by atoms with Crippen molar-refractivity contribution in [2.75, 3.05) is 5.32 Å². The van der Waals surface area contributed by atoms with Crippen LogP contribution in [-0.2, 0) is 4.79 Å². The minimum atomic E-state index is -1.12. The molecule has 0 aliphatic rings. The number of aromatic nitrogens is 2. The van der Waals surface area contributed by atoms with E-state index in [-0.39, 0.29) is 22.9 Å². The summed E-state index contributed by atoms with van der Waals surface area (Å²) in [6.45, 7) is 1.30. The molecule has 3 aromatic rings. The third-order valence-electron chi connectivity index (χ3n) is 3.54. The molecule has 0 radical (unpaired) electrons. The number of benzene rings is 1. The van der Waals surface area contributed by atoms with Crippen molar-refractivity contribution in [3.8, 4) is 6.07 Å². The van der Waals surface area contributed by atoms with E-state index in [1.165, 1.54) is 25.4 Å². The predicted molar refractivity (Wildman–Crippen MR) is 84.9 cm³/mol. The quantitative estimate of drug-likeness (QED) is 0.716. The van der Waals surface area contributed by atoms with Gasteiger partial charge in [-0.2, -0.15) is 5.26 Å². The maximum absolute atomic E-state index is 14.1. The van der Waals surface area contributed by atoms with E-state index in [2.05, 4.69) is 15.3 Å². The average Bonchev–Trinajstić information content (AvgIpc) is 2.98. The molecular formula is C17H10F2N4O2. The molecule has 0 saturated carbocycles. The molecule has 1 aromatic carbocycles. The van der Waals surface area contributed by atoms with Crippen LogP contribution in [-0.4, -0.2) is 21.7 Å². The number of rotatable bonds is 3. The molecule has 6 nitrogen and oxygen atoms in total. The van der Waals surface area contributed by atoms with Crippen molar-refractivity contribution in [3.05, 3.63) is 58.9 Å². The topological polar surface area (TPSA) is 98.6 Å². The van der Waals surface area contributed by atoms with E-state index in [4.69, 9.17) is 5.26 Å². The zero-order chi connectivity index (χ0) is 18.1. The molecule has 0 bridgehead atoms. The molecule has 124 valence electrons. The highest BCUT2D eigenvalue weighted by Crippen LogP contribution is 2.27. The Balaban J connectivity index is 2.14. The Bertz CT molecular complexity index is 1040. The van der Waals surface area contributed by atoms with Crippen molar-refractivity contribution in [3.63, 3.8) is 0 Å². The summed E-state index contributed by atoms with van der Waals surface area (Å²) in [5.74, 6) is -3.28. The highest BCUT2D eigenvalue weighted by molar-refractivity contribution is 6.18. The van der Waals surface area contributed by atoms with Gasteiger partial charge in [0.15, 0.2) is 5.82 Å². The second kappa shape index (κ2) is 6.13. The summed E-state index contributed by atoms with van der Waals surface area (Å²) in [4.78, 5) is 30.6. The van der Waals surface area contributed by atoms with Gasteiger partial charge in [0, 0.05) is 30.3 Å². The first-order valence-corrected chi connectivity index (χ1v) is 7.10. The first kappa shape index (κ1) is 16.3. The number of H-pyrrole nitrogens is 1. The number of fused-ring (bicyclic) bond motifs is 1. The first-order chi connectivity index (χ1) is 11.9. The molecule has 0 fully saturated rings. The zero-order valence-corrected chi connectivity index (χ0v) is 12.9. The van der Waals surface area contributed by atoms with Gasteiger partial charge in [0.2, 0.25) is 11.7 Å².